The minimum atomic E-state index is -0.749. The third-order valence-corrected chi connectivity index (χ3v) is 3.32. The predicted octanol–water partition coefficient (Wildman–Crippen LogP) is 1.98. The van der Waals surface area contributed by atoms with Gasteiger partial charge in [-0.1, -0.05) is 0 Å². The zero-order valence-corrected chi connectivity index (χ0v) is 11.7. The maximum Gasteiger partial charge on any atom is 0.237 e. The van der Waals surface area contributed by atoms with E-state index < -0.39 is 23.1 Å². The molecule has 0 aliphatic rings. The van der Waals surface area contributed by atoms with Crippen LogP contribution in [0.25, 0.3) is 0 Å². The number of benzene rings is 1. The van der Waals surface area contributed by atoms with Gasteiger partial charge in [0.1, 0.15) is 5.82 Å². The van der Waals surface area contributed by atoms with Gasteiger partial charge >= 0.3 is 0 Å². The van der Waals surface area contributed by atoms with E-state index in [1.165, 1.54) is 6.07 Å². The number of carbonyl (C=O) groups is 1. The smallest absolute Gasteiger partial charge is 0.237 e. The largest absolute Gasteiger partial charge is 0.491 e. The standard InChI is InChI=1S/C14H20F2N2O2/c1-14(18-2,13(17)19)7-3-4-8-20-12-6-5-10(15)9-11(12)16/h5-6,9,18H,3-4,7-8H2,1-2H3,(H2,17,19). The van der Waals surface area contributed by atoms with E-state index >= 15 is 0 Å². The van der Waals surface area contributed by atoms with Crippen molar-refractivity contribution in [3.8, 4) is 5.75 Å². The number of hydrogen-bond donors (Lipinski definition) is 2. The molecule has 0 spiro atoms. The number of likely N-dealkylation sites (N-methyl/N-ethyl adjacent to an activating group) is 1. The van der Waals surface area contributed by atoms with Crippen LogP contribution in [0.4, 0.5) is 8.78 Å². The molecule has 0 fully saturated rings. The van der Waals surface area contributed by atoms with E-state index in [0.29, 0.717) is 25.9 Å². The predicted molar refractivity (Wildman–Crippen MR) is 72.4 cm³/mol. The van der Waals surface area contributed by atoms with Gasteiger partial charge in [-0.2, -0.15) is 0 Å². The van der Waals surface area contributed by atoms with Crippen molar-refractivity contribution in [1.82, 2.24) is 5.32 Å². The van der Waals surface area contributed by atoms with Gasteiger partial charge in [-0.3, -0.25) is 4.79 Å². The highest BCUT2D eigenvalue weighted by molar-refractivity contribution is 5.84. The first-order valence-electron chi connectivity index (χ1n) is 6.46. The fourth-order valence-corrected chi connectivity index (χ4v) is 1.73. The van der Waals surface area contributed by atoms with E-state index in [0.717, 1.165) is 12.1 Å². The number of nitrogens with two attached hydrogens (primary N) is 1. The topological polar surface area (TPSA) is 64.3 Å². The van der Waals surface area contributed by atoms with Crippen molar-refractivity contribution in [2.45, 2.75) is 31.7 Å². The fraction of sp³-hybridized carbons (Fsp3) is 0.500. The maximum absolute atomic E-state index is 13.3. The van der Waals surface area contributed by atoms with Gasteiger partial charge in [0, 0.05) is 6.07 Å². The minimum Gasteiger partial charge on any atom is -0.491 e. The van der Waals surface area contributed by atoms with Crippen LogP contribution >= 0.6 is 0 Å². The molecule has 0 aliphatic heterocycles. The van der Waals surface area contributed by atoms with Crippen LogP contribution in [0.2, 0.25) is 0 Å². The van der Waals surface area contributed by atoms with E-state index in [9.17, 15) is 13.6 Å². The Balaban J connectivity index is 2.33. The normalized spacial score (nSPS) is 13.8. The summed E-state index contributed by atoms with van der Waals surface area (Å²) in [4.78, 5) is 11.3. The SMILES string of the molecule is CNC(C)(CCCCOc1ccc(F)cc1F)C(N)=O. The molecule has 0 saturated carbocycles. The Labute approximate surface area is 117 Å². The van der Waals surface area contributed by atoms with Gasteiger partial charge in [-0.15, -0.1) is 0 Å². The zero-order chi connectivity index (χ0) is 15.2. The maximum atomic E-state index is 13.3. The molecule has 0 aliphatic carbocycles. The van der Waals surface area contributed by atoms with E-state index in [1.54, 1.807) is 14.0 Å². The molecule has 4 nitrogen and oxygen atoms in total. The molecule has 6 heteroatoms. The van der Waals surface area contributed by atoms with Crippen LogP contribution in [-0.4, -0.2) is 25.1 Å². The highest BCUT2D eigenvalue weighted by Gasteiger charge is 2.27. The molecule has 112 valence electrons. The second-order valence-corrected chi connectivity index (χ2v) is 4.83. The number of primary amides is 1. The molecule has 1 amide bonds. The van der Waals surface area contributed by atoms with Crippen LogP contribution in [0.3, 0.4) is 0 Å². The third kappa shape index (κ3) is 4.45. The molecule has 0 radical (unpaired) electrons. The van der Waals surface area contributed by atoms with Gasteiger partial charge in [0.2, 0.25) is 5.91 Å². The molecule has 0 bridgehead atoms. The Hall–Kier alpha value is -1.69. The van der Waals surface area contributed by atoms with Crippen molar-refractivity contribution in [1.29, 1.82) is 0 Å². The fourth-order valence-electron chi connectivity index (χ4n) is 1.73. The molecule has 0 saturated heterocycles. The summed E-state index contributed by atoms with van der Waals surface area (Å²) in [6, 6.07) is 3.18. The van der Waals surface area contributed by atoms with Gasteiger partial charge in [0.05, 0.1) is 12.1 Å². The molecule has 1 aromatic carbocycles. The van der Waals surface area contributed by atoms with Crippen molar-refractivity contribution in [2.24, 2.45) is 5.73 Å². The number of unbranched alkanes of at least 4 members (excludes halogenated alkanes) is 1. The summed E-state index contributed by atoms with van der Waals surface area (Å²) in [7, 11) is 1.68. The highest BCUT2D eigenvalue weighted by atomic mass is 19.1. The number of rotatable bonds is 8. The minimum absolute atomic E-state index is 0.0256. The number of carbonyl (C=O) groups excluding carboxylic acids is 1. The van der Waals surface area contributed by atoms with E-state index in [2.05, 4.69) is 5.32 Å². The van der Waals surface area contributed by atoms with Gasteiger partial charge in [-0.05, 0) is 45.4 Å². The zero-order valence-electron chi connectivity index (χ0n) is 11.7. The lowest BCUT2D eigenvalue weighted by Crippen LogP contribution is -2.51. The number of ether oxygens (including phenoxy) is 1. The molecular formula is C14H20F2N2O2. The van der Waals surface area contributed by atoms with Crippen molar-refractivity contribution < 1.29 is 18.3 Å². The second-order valence-electron chi connectivity index (χ2n) is 4.83. The lowest BCUT2D eigenvalue weighted by Gasteiger charge is -2.25. The van der Waals surface area contributed by atoms with Gasteiger partial charge in [0.25, 0.3) is 0 Å². The molecule has 1 rings (SSSR count). The van der Waals surface area contributed by atoms with E-state index in [1.807, 2.05) is 0 Å². The summed E-state index contributed by atoms with van der Waals surface area (Å²) >= 11 is 0. The average molecular weight is 286 g/mol. The first kappa shape index (κ1) is 16.4. The van der Waals surface area contributed by atoms with Gasteiger partial charge in [0.15, 0.2) is 11.6 Å². The summed E-state index contributed by atoms with van der Waals surface area (Å²) in [5.74, 6) is -1.74. The Morgan fingerprint density at radius 3 is 2.65 bits per heavy atom. The van der Waals surface area contributed by atoms with Gasteiger partial charge < -0.3 is 15.8 Å². The Kier molecular flexibility index (Phi) is 5.88. The molecule has 0 aromatic heterocycles. The van der Waals surface area contributed by atoms with Crippen LogP contribution in [0.15, 0.2) is 18.2 Å². The summed E-state index contributed by atoms with van der Waals surface area (Å²) in [5, 5.41) is 2.88. The number of halogens is 2. The molecule has 1 atom stereocenters. The third-order valence-electron chi connectivity index (χ3n) is 3.32. The second kappa shape index (κ2) is 7.19. The first-order valence-corrected chi connectivity index (χ1v) is 6.46. The molecule has 1 aromatic rings. The van der Waals surface area contributed by atoms with Crippen molar-refractivity contribution in [3.05, 3.63) is 29.8 Å². The van der Waals surface area contributed by atoms with Crippen molar-refractivity contribution >= 4 is 5.91 Å². The molecule has 20 heavy (non-hydrogen) atoms. The molecule has 0 heterocycles. The molecule has 3 N–H and O–H groups in total. The van der Waals surface area contributed by atoms with Crippen molar-refractivity contribution in [2.75, 3.05) is 13.7 Å². The quantitative estimate of drug-likeness (QED) is 0.718. The monoisotopic (exact) mass is 286 g/mol. The summed E-state index contributed by atoms with van der Waals surface area (Å²) in [6.07, 6.45) is 1.90. The summed E-state index contributed by atoms with van der Waals surface area (Å²) in [5.41, 5.74) is 4.55. The summed E-state index contributed by atoms with van der Waals surface area (Å²) < 4.78 is 31.2. The Bertz CT molecular complexity index is 468. The van der Waals surface area contributed by atoms with Gasteiger partial charge in [-0.25, -0.2) is 8.78 Å². The highest BCUT2D eigenvalue weighted by Crippen LogP contribution is 2.18. The van der Waals surface area contributed by atoms with Crippen LogP contribution in [0.5, 0.6) is 5.75 Å². The van der Waals surface area contributed by atoms with Crippen LogP contribution in [0.1, 0.15) is 26.2 Å². The number of nitrogens with one attached hydrogen (secondary N) is 1. The molecule has 1 unspecified atom stereocenters. The Morgan fingerprint density at radius 1 is 1.40 bits per heavy atom. The first-order chi connectivity index (χ1) is 9.39. The Morgan fingerprint density at radius 2 is 2.10 bits per heavy atom. The summed E-state index contributed by atoms with van der Waals surface area (Å²) in [6.45, 7) is 2.02. The molecular weight excluding hydrogens is 266 g/mol. The van der Waals surface area contributed by atoms with Crippen LogP contribution in [0, 0.1) is 11.6 Å². The van der Waals surface area contributed by atoms with E-state index in [4.69, 9.17) is 10.5 Å². The average Bonchev–Trinajstić information content (AvgIpc) is 2.40. The lowest BCUT2D eigenvalue weighted by atomic mass is 9.94. The number of hydrogen-bond acceptors (Lipinski definition) is 3. The van der Waals surface area contributed by atoms with E-state index in [-0.39, 0.29) is 5.75 Å². The van der Waals surface area contributed by atoms with Crippen LogP contribution in [-0.2, 0) is 4.79 Å². The lowest BCUT2D eigenvalue weighted by molar-refractivity contribution is -0.123. The van der Waals surface area contributed by atoms with Crippen LogP contribution < -0.4 is 15.8 Å². The van der Waals surface area contributed by atoms with Crippen molar-refractivity contribution in [3.63, 3.8) is 0 Å². The number of amides is 1.